The molecule has 0 bridgehead atoms. The molecular weight excluding hydrogens is 450 g/mol. The molecule has 1 N–H and O–H groups in total. The van der Waals surface area contributed by atoms with Crippen LogP contribution in [-0.2, 0) is 17.6 Å². The van der Waals surface area contributed by atoms with E-state index in [0.717, 1.165) is 35.2 Å². The number of carbonyl (C=O) groups is 1. The average molecular weight is 474 g/mol. The van der Waals surface area contributed by atoms with Crippen LogP contribution in [0.15, 0.2) is 40.8 Å². The van der Waals surface area contributed by atoms with E-state index in [1.165, 1.54) is 16.6 Å². The Hall–Kier alpha value is -2.09. The zero-order chi connectivity index (χ0) is 22.1. The molecule has 1 aliphatic carbocycles. The minimum atomic E-state index is -0.132. The van der Waals surface area contributed by atoms with Crippen molar-refractivity contribution in [1.29, 1.82) is 0 Å². The molecule has 4 rings (SSSR count). The first-order chi connectivity index (χ1) is 14.9. The first-order valence-corrected chi connectivity index (χ1v) is 12.4. The van der Waals surface area contributed by atoms with E-state index in [-0.39, 0.29) is 17.2 Å². The van der Waals surface area contributed by atoms with Gasteiger partial charge in [-0.1, -0.05) is 42.4 Å². The van der Waals surface area contributed by atoms with Crippen LogP contribution in [0.25, 0.3) is 15.9 Å². The van der Waals surface area contributed by atoms with Crippen LogP contribution in [0.3, 0.4) is 0 Å². The van der Waals surface area contributed by atoms with Gasteiger partial charge in [-0.2, -0.15) is 0 Å². The SMILES string of the molecule is C=CCNC(=O)CSc1nc2sc3c(c2c(=O)n1-c1ccc(C)c(Cl)c1)CCC(C)C3. The first kappa shape index (κ1) is 22.1. The topological polar surface area (TPSA) is 64.0 Å². The Morgan fingerprint density at radius 2 is 2.29 bits per heavy atom. The highest BCUT2D eigenvalue weighted by Crippen LogP contribution is 2.37. The number of rotatable bonds is 6. The summed E-state index contributed by atoms with van der Waals surface area (Å²) in [4.78, 5) is 32.8. The standard InChI is InChI=1S/C23H24ClN3O2S2/c1-4-9-25-19(28)12-30-23-26-21-20(16-8-5-13(2)10-18(16)31-21)22(29)27(23)15-7-6-14(3)17(24)11-15/h4,6-7,11,13H,1,5,8-10,12H2,2-3H3,(H,25,28). The molecular formula is C23H24ClN3O2S2. The zero-order valence-corrected chi connectivity index (χ0v) is 19.9. The van der Waals surface area contributed by atoms with Gasteiger partial charge in [0.15, 0.2) is 5.16 Å². The summed E-state index contributed by atoms with van der Waals surface area (Å²) in [6.45, 7) is 8.19. The molecule has 2 aromatic heterocycles. The fourth-order valence-electron chi connectivity index (χ4n) is 3.78. The maximum absolute atomic E-state index is 13.7. The van der Waals surface area contributed by atoms with E-state index >= 15 is 0 Å². The summed E-state index contributed by atoms with van der Waals surface area (Å²) >= 11 is 9.23. The van der Waals surface area contributed by atoms with Gasteiger partial charge in [0.2, 0.25) is 5.91 Å². The molecule has 1 aliphatic rings. The second-order valence-corrected chi connectivity index (χ2v) is 10.3. The Morgan fingerprint density at radius 1 is 1.48 bits per heavy atom. The summed E-state index contributed by atoms with van der Waals surface area (Å²) in [7, 11) is 0. The summed E-state index contributed by atoms with van der Waals surface area (Å²) < 4.78 is 1.60. The van der Waals surface area contributed by atoms with Crippen molar-refractivity contribution < 1.29 is 4.79 Å². The molecule has 0 radical (unpaired) electrons. The van der Waals surface area contributed by atoms with Gasteiger partial charge >= 0.3 is 0 Å². The molecule has 0 spiro atoms. The normalized spacial score (nSPS) is 15.6. The lowest BCUT2D eigenvalue weighted by Gasteiger charge is -2.18. The first-order valence-electron chi connectivity index (χ1n) is 10.2. The molecule has 0 aliphatic heterocycles. The quantitative estimate of drug-likeness (QED) is 0.313. The molecule has 1 atom stereocenters. The van der Waals surface area contributed by atoms with Gasteiger partial charge in [-0.25, -0.2) is 4.98 Å². The van der Waals surface area contributed by atoms with E-state index < -0.39 is 0 Å². The Kier molecular flexibility index (Phi) is 6.55. The number of aryl methyl sites for hydroxylation is 2. The second kappa shape index (κ2) is 9.18. The second-order valence-electron chi connectivity index (χ2n) is 7.88. The van der Waals surface area contributed by atoms with Gasteiger partial charge in [-0.3, -0.25) is 14.2 Å². The summed E-state index contributed by atoms with van der Waals surface area (Å²) in [5, 5.41) is 4.56. The van der Waals surface area contributed by atoms with Crippen molar-refractivity contribution in [3.63, 3.8) is 0 Å². The number of hydrogen-bond acceptors (Lipinski definition) is 5. The molecule has 0 fully saturated rings. The van der Waals surface area contributed by atoms with Gasteiger partial charge in [0.05, 0.1) is 16.8 Å². The lowest BCUT2D eigenvalue weighted by Crippen LogP contribution is -2.26. The maximum Gasteiger partial charge on any atom is 0.267 e. The van der Waals surface area contributed by atoms with Crippen LogP contribution in [0.1, 0.15) is 29.3 Å². The van der Waals surface area contributed by atoms with Crippen LogP contribution >= 0.6 is 34.7 Å². The van der Waals surface area contributed by atoms with E-state index in [1.54, 1.807) is 28.0 Å². The van der Waals surface area contributed by atoms with Crippen molar-refractivity contribution in [3.05, 3.63) is 62.2 Å². The minimum absolute atomic E-state index is 0.0917. The van der Waals surface area contributed by atoms with Crippen LogP contribution in [0, 0.1) is 12.8 Å². The van der Waals surface area contributed by atoms with Gasteiger partial charge in [0.1, 0.15) is 4.83 Å². The van der Waals surface area contributed by atoms with Gasteiger partial charge in [0, 0.05) is 16.4 Å². The molecule has 8 heteroatoms. The van der Waals surface area contributed by atoms with Crippen molar-refractivity contribution in [2.75, 3.05) is 12.3 Å². The van der Waals surface area contributed by atoms with Gasteiger partial charge in [-0.15, -0.1) is 17.9 Å². The lowest BCUT2D eigenvalue weighted by atomic mass is 9.89. The predicted molar refractivity (Wildman–Crippen MR) is 130 cm³/mol. The molecule has 1 unspecified atom stereocenters. The lowest BCUT2D eigenvalue weighted by molar-refractivity contribution is -0.118. The number of fused-ring (bicyclic) bond motifs is 3. The van der Waals surface area contributed by atoms with Crippen molar-refractivity contribution in [3.8, 4) is 5.69 Å². The Bertz CT molecular complexity index is 1230. The molecule has 162 valence electrons. The fraction of sp³-hybridized carbons (Fsp3) is 0.348. The van der Waals surface area contributed by atoms with E-state index in [9.17, 15) is 9.59 Å². The van der Waals surface area contributed by atoms with E-state index in [0.29, 0.717) is 33.7 Å². The molecule has 1 aromatic carbocycles. The molecule has 5 nitrogen and oxygen atoms in total. The van der Waals surface area contributed by atoms with Crippen molar-refractivity contribution >= 4 is 50.8 Å². The number of aromatic nitrogens is 2. The Labute approximate surface area is 194 Å². The Morgan fingerprint density at radius 3 is 3.03 bits per heavy atom. The number of nitrogens with one attached hydrogen (secondary N) is 1. The zero-order valence-electron chi connectivity index (χ0n) is 17.5. The third-order valence-electron chi connectivity index (χ3n) is 5.49. The highest BCUT2D eigenvalue weighted by Gasteiger charge is 2.25. The molecule has 0 saturated heterocycles. The van der Waals surface area contributed by atoms with Crippen molar-refractivity contribution in [2.45, 2.75) is 38.3 Å². The minimum Gasteiger partial charge on any atom is -0.352 e. The third kappa shape index (κ3) is 4.45. The van der Waals surface area contributed by atoms with Crippen LogP contribution < -0.4 is 10.9 Å². The van der Waals surface area contributed by atoms with Crippen LogP contribution in [0.5, 0.6) is 0 Å². The smallest absolute Gasteiger partial charge is 0.267 e. The average Bonchev–Trinajstić information content (AvgIpc) is 3.10. The largest absolute Gasteiger partial charge is 0.352 e. The number of nitrogens with zero attached hydrogens (tertiary/aromatic N) is 2. The van der Waals surface area contributed by atoms with Crippen molar-refractivity contribution in [2.24, 2.45) is 5.92 Å². The monoisotopic (exact) mass is 473 g/mol. The number of halogens is 1. The van der Waals surface area contributed by atoms with E-state index in [2.05, 4.69) is 18.8 Å². The number of thioether (sulfide) groups is 1. The number of amides is 1. The highest BCUT2D eigenvalue weighted by atomic mass is 35.5. The predicted octanol–water partition coefficient (Wildman–Crippen LogP) is 4.93. The summed E-state index contributed by atoms with van der Waals surface area (Å²) in [5.74, 6) is 0.640. The molecule has 1 amide bonds. The van der Waals surface area contributed by atoms with Gasteiger partial charge < -0.3 is 5.32 Å². The Balaban J connectivity index is 1.85. The number of thiophene rings is 1. The fourth-order valence-corrected chi connectivity index (χ4v) is 6.23. The van der Waals surface area contributed by atoms with Gasteiger partial charge in [0.25, 0.3) is 5.56 Å². The van der Waals surface area contributed by atoms with Crippen LogP contribution in [0.4, 0.5) is 0 Å². The summed E-state index contributed by atoms with van der Waals surface area (Å²) in [6.07, 6.45) is 4.60. The third-order valence-corrected chi connectivity index (χ3v) is 7.98. The summed E-state index contributed by atoms with van der Waals surface area (Å²) in [6, 6.07) is 5.55. The van der Waals surface area contributed by atoms with Crippen molar-refractivity contribution in [1.82, 2.24) is 14.9 Å². The van der Waals surface area contributed by atoms with Gasteiger partial charge in [-0.05, 0) is 55.4 Å². The highest BCUT2D eigenvalue weighted by molar-refractivity contribution is 7.99. The van der Waals surface area contributed by atoms with Crippen LogP contribution in [-0.4, -0.2) is 27.8 Å². The molecule has 3 aromatic rings. The summed E-state index contributed by atoms with van der Waals surface area (Å²) in [5.41, 5.74) is 2.65. The van der Waals surface area contributed by atoms with E-state index in [4.69, 9.17) is 16.6 Å². The maximum atomic E-state index is 13.7. The number of hydrogen-bond donors (Lipinski definition) is 1. The molecule has 31 heavy (non-hydrogen) atoms. The number of carbonyl (C=O) groups excluding carboxylic acids is 1. The molecule has 2 heterocycles. The van der Waals surface area contributed by atoms with E-state index in [1.807, 2.05) is 19.1 Å². The van der Waals surface area contributed by atoms with Crippen LogP contribution in [0.2, 0.25) is 5.02 Å². The molecule has 0 saturated carbocycles. The number of benzene rings is 1.